The molecule has 1 fully saturated rings. The van der Waals surface area contributed by atoms with Gasteiger partial charge in [0.1, 0.15) is 0 Å². The number of hydrogen-bond acceptors (Lipinski definition) is 3. The number of thioether (sulfide) groups is 1. The Balaban J connectivity index is 1.58. The lowest BCUT2D eigenvalue weighted by molar-refractivity contribution is -0.127. The zero-order valence-electron chi connectivity index (χ0n) is 12.4. The molecule has 2 rings (SSSR count). The van der Waals surface area contributed by atoms with Gasteiger partial charge in [0.25, 0.3) is 0 Å². The number of nitrogens with one attached hydrogen (secondary N) is 2. The predicted octanol–water partition coefficient (Wildman–Crippen LogP) is 3.55. The van der Waals surface area contributed by atoms with Crippen LogP contribution < -0.4 is 10.9 Å². The molecule has 2 amide bonds. The summed E-state index contributed by atoms with van der Waals surface area (Å²) in [6.07, 6.45) is 6.43. The van der Waals surface area contributed by atoms with Gasteiger partial charge in [-0.25, -0.2) is 0 Å². The average molecular weight is 341 g/mol. The van der Waals surface area contributed by atoms with Gasteiger partial charge in [-0.3, -0.25) is 20.4 Å². The molecule has 0 heterocycles. The van der Waals surface area contributed by atoms with Crippen molar-refractivity contribution in [3.8, 4) is 0 Å². The minimum atomic E-state index is -0.214. The summed E-state index contributed by atoms with van der Waals surface area (Å²) in [5.74, 6) is 0.609. The summed E-state index contributed by atoms with van der Waals surface area (Å²) in [5.41, 5.74) is 4.93. The van der Waals surface area contributed by atoms with Gasteiger partial charge in [0.15, 0.2) is 0 Å². The van der Waals surface area contributed by atoms with E-state index in [1.807, 2.05) is 12.1 Å². The van der Waals surface area contributed by atoms with Crippen molar-refractivity contribution >= 4 is 35.2 Å². The van der Waals surface area contributed by atoms with Crippen LogP contribution in [0.2, 0.25) is 5.02 Å². The summed E-state index contributed by atoms with van der Waals surface area (Å²) in [7, 11) is 0. The highest BCUT2D eigenvalue weighted by Gasteiger charge is 2.16. The zero-order chi connectivity index (χ0) is 15.8. The second kappa shape index (κ2) is 9.06. The molecule has 22 heavy (non-hydrogen) atoms. The summed E-state index contributed by atoms with van der Waals surface area (Å²) in [5, 5.41) is 0.670. The fourth-order valence-electron chi connectivity index (χ4n) is 2.55. The molecule has 0 aliphatic heterocycles. The molecule has 0 unspecified atom stereocenters. The molecule has 2 N–H and O–H groups in total. The minimum Gasteiger partial charge on any atom is -0.273 e. The van der Waals surface area contributed by atoms with Crippen LogP contribution in [-0.2, 0) is 9.59 Å². The highest BCUT2D eigenvalue weighted by atomic mass is 35.5. The number of carbonyl (C=O) groups is 2. The number of hydrazine groups is 1. The van der Waals surface area contributed by atoms with Crippen molar-refractivity contribution in [1.29, 1.82) is 0 Å². The van der Waals surface area contributed by atoms with E-state index in [1.165, 1.54) is 37.4 Å². The van der Waals surface area contributed by atoms with E-state index in [1.54, 1.807) is 12.1 Å². The van der Waals surface area contributed by atoms with Crippen LogP contribution in [0.5, 0.6) is 0 Å². The molecule has 0 saturated heterocycles. The van der Waals surface area contributed by atoms with Crippen LogP contribution in [0.3, 0.4) is 0 Å². The van der Waals surface area contributed by atoms with Gasteiger partial charge in [-0.05, 0) is 36.6 Å². The molecule has 6 heteroatoms. The Kier molecular flexibility index (Phi) is 7.06. The number of benzene rings is 1. The third-order valence-electron chi connectivity index (χ3n) is 3.78. The van der Waals surface area contributed by atoms with Crippen molar-refractivity contribution in [2.45, 2.75) is 43.4 Å². The molecule has 0 atom stereocenters. The van der Waals surface area contributed by atoms with E-state index >= 15 is 0 Å². The fourth-order valence-corrected chi connectivity index (χ4v) is 3.38. The number of halogens is 1. The van der Waals surface area contributed by atoms with Gasteiger partial charge in [-0.2, -0.15) is 0 Å². The molecular weight excluding hydrogens is 320 g/mol. The van der Waals surface area contributed by atoms with Crippen molar-refractivity contribution in [3.63, 3.8) is 0 Å². The van der Waals surface area contributed by atoms with Gasteiger partial charge < -0.3 is 0 Å². The highest BCUT2D eigenvalue weighted by Crippen LogP contribution is 2.28. The summed E-state index contributed by atoms with van der Waals surface area (Å²) in [4.78, 5) is 24.3. The molecule has 1 aliphatic carbocycles. The molecule has 1 aliphatic rings. The summed E-state index contributed by atoms with van der Waals surface area (Å²) in [6.45, 7) is 0. The molecule has 1 saturated carbocycles. The Morgan fingerprint density at radius 1 is 1.09 bits per heavy atom. The first-order valence-corrected chi connectivity index (χ1v) is 8.96. The molecule has 0 spiro atoms. The SMILES string of the molecule is O=C(CCC1CCCC1)NNC(=O)CSc1ccc(Cl)cc1. The lowest BCUT2D eigenvalue weighted by Crippen LogP contribution is -2.42. The standard InChI is InChI=1S/C16H21ClN2O2S/c17-13-6-8-14(9-7-13)22-11-16(21)19-18-15(20)10-5-12-3-1-2-4-12/h6-9,12H,1-5,10-11H2,(H,18,20)(H,19,21). The fraction of sp³-hybridized carbons (Fsp3) is 0.500. The third-order valence-corrected chi connectivity index (χ3v) is 5.04. The topological polar surface area (TPSA) is 58.2 Å². The summed E-state index contributed by atoms with van der Waals surface area (Å²) in [6, 6.07) is 7.29. The second-order valence-corrected chi connectivity index (χ2v) is 7.01. The molecule has 0 radical (unpaired) electrons. The average Bonchev–Trinajstić information content (AvgIpc) is 3.04. The first-order chi connectivity index (χ1) is 10.6. The van der Waals surface area contributed by atoms with Gasteiger partial charge in [-0.15, -0.1) is 11.8 Å². The normalized spacial score (nSPS) is 14.8. The van der Waals surface area contributed by atoms with Crippen LogP contribution in [0.1, 0.15) is 38.5 Å². The Hall–Kier alpha value is -1.20. The second-order valence-electron chi connectivity index (χ2n) is 5.53. The molecule has 1 aromatic rings. The predicted molar refractivity (Wildman–Crippen MR) is 89.7 cm³/mol. The number of carbonyl (C=O) groups excluding carboxylic acids is 2. The van der Waals surface area contributed by atoms with Crippen LogP contribution in [0.15, 0.2) is 29.2 Å². The van der Waals surface area contributed by atoms with Crippen molar-refractivity contribution in [2.24, 2.45) is 5.92 Å². The van der Waals surface area contributed by atoms with Gasteiger partial charge in [0, 0.05) is 16.3 Å². The van der Waals surface area contributed by atoms with E-state index in [9.17, 15) is 9.59 Å². The monoisotopic (exact) mass is 340 g/mol. The first-order valence-electron chi connectivity index (χ1n) is 7.59. The number of hydrogen-bond donors (Lipinski definition) is 2. The summed E-state index contributed by atoms with van der Waals surface area (Å²) >= 11 is 7.20. The Bertz CT molecular complexity index is 501. The van der Waals surface area contributed by atoms with Crippen LogP contribution in [0.25, 0.3) is 0 Å². The van der Waals surface area contributed by atoms with E-state index < -0.39 is 0 Å². The van der Waals surface area contributed by atoms with Crippen LogP contribution in [-0.4, -0.2) is 17.6 Å². The highest BCUT2D eigenvalue weighted by molar-refractivity contribution is 8.00. The maximum atomic E-state index is 11.7. The van der Waals surface area contributed by atoms with Gasteiger partial charge in [-0.1, -0.05) is 37.3 Å². The molecule has 1 aromatic carbocycles. The van der Waals surface area contributed by atoms with Crippen molar-refractivity contribution in [1.82, 2.24) is 10.9 Å². The number of amides is 2. The third kappa shape index (κ3) is 6.28. The zero-order valence-corrected chi connectivity index (χ0v) is 14.0. The molecule has 0 aromatic heterocycles. The molecule has 4 nitrogen and oxygen atoms in total. The lowest BCUT2D eigenvalue weighted by atomic mass is 10.0. The van der Waals surface area contributed by atoms with E-state index in [0.29, 0.717) is 17.4 Å². The van der Waals surface area contributed by atoms with E-state index in [4.69, 9.17) is 11.6 Å². The first kappa shape index (κ1) is 17.2. The molecular formula is C16H21ClN2O2S. The molecule has 120 valence electrons. The van der Waals surface area contributed by atoms with Crippen LogP contribution in [0.4, 0.5) is 0 Å². The number of rotatable bonds is 6. The van der Waals surface area contributed by atoms with E-state index in [0.717, 1.165) is 11.3 Å². The van der Waals surface area contributed by atoms with Crippen molar-refractivity contribution in [3.05, 3.63) is 29.3 Å². The maximum absolute atomic E-state index is 11.7. The van der Waals surface area contributed by atoms with Gasteiger partial charge >= 0.3 is 0 Å². The van der Waals surface area contributed by atoms with Crippen molar-refractivity contribution < 1.29 is 9.59 Å². The smallest absolute Gasteiger partial charge is 0.248 e. The van der Waals surface area contributed by atoms with Crippen molar-refractivity contribution in [2.75, 3.05) is 5.75 Å². The quantitative estimate of drug-likeness (QED) is 0.615. The van der Waals surface area contributed by atoms with E-state index in [-0.39, 0.29) is 17.6 Å². The minimum absolute atomic E-state index is 0.114. The van der Waals surface area contributed by atoms with Gasteiger partial charge in [0.05, 0.1) is 5.75 Å². The van der Waals surface area contributed by atoms with Crippen LogP contribution >= 0.6 is 23.4 Å². The Morgan fingerprint density at radius 2 is 1.73 bits per heavy atom. The molecule has 0 bridgehead atoms. The maximum Gasteiger partial charge on any atom is 0.248 e. The largest absolute Gasteiger partial charge is 0.273 e. The van der Waals surface area contributed by atoms with Gasteiger partial charge in [0.2, 0.25) is 11.8 Å². The van der Waals surface area contributed by atoms with Crippen LogP contribution in [0, 0.1) is 5.92 Å². The lowest BCUT2D eigenvalue weighted by Gasteiger charge is -2.10. The summed E-state index contributed by atoms with van der Waals surface area (Å²) < 4.78 is 0. The Morgan fingerprint density at radius 3 is 2.41 bits per heavy atom. The van der Waals surface area contributed by atoms with E-state index in [2.05, 4.69) is 10.9 Å². The Labute approximate surface area is 140 Å².